The normalized spacial score (nSPS) is 9.38. The zero-order valence-electron chi connectivity index (χ0n) is 9.10. The van der Waals surface area contributed by atoms with Crippen LogP contribution < -0.4 is 5.32 Å². The molecule has 0 fully saturated rings. The van der Waals surface area contributed by atoms with Crippen LogP contribution in [-0.2, 0) is 9.53 Å². The molecule has 0 aliphatic heterocycles. The molecule has 0 radical (unpaired) electrons. The van der Waals surface area contributed by atoms with Crippen molar-refractivity contribution in [3.63, 3.8) is 0 Å². The van der Waals surface area contributed by atoms with E-state index in [1.807, 2.05) is 0 Å². The van der Waals surface area contributed by atoms with E-state index in [4.69, 9.17) is 10.3 Å². The maximum Gasteiger partial charge on any atom is 0.250 e. The maximum atomic E-state index is 11.3. The van der Waals surface area contributed by atoms with Gasteiger partial charge in [-0.3, -0.25) is 4.79 Å². The summed E-state index contributed by atoms with van der Waals surface area (Å²) in [6, 6.07) is 5.12. The first kappa shape index (κ1) is 12.0. The number of hydrogen-bond acceptors (Lipinski definition) is 3. The Kier molecular flexibility index (Phi) is 4.32. The van der Waals surface area contributed by atoms with E-state index in [-0.39, 0.29) is 12.5 Å². The van der Waals surface area contributed by atoms with Crippen molar-refractivity contribution >= 4 is 17.3 Å². The number of hydrogen-bond donors (Lipinski definition) is 1. The Morgan fingerprint density at radius 1 is 1.62 bits per heavy atom. The second-order valence-corrected chi connectivity index (χ2v) is 3.12. The van der Waals surface area contributed by atoms with Gasteiger partial charge in [0.1, 0.15) is 6.61 Å². The lowest BCUT2D eigenvalue weighted by molar-refractivity contribution is -0.119. The van der Waals surface area contributed by atoms with Gasteiger partial charge in [-0.1, -0.05) is 17.2 Å². The number of amides is 1. The highest BCUT2D eigenvalue weighted by atomic mass is 16.5. The van der Waals surface area contributed by atoms with Crippen LogP contribution >= 0.6 is 0 Å². The highest BCUT2D eigenvalue weighted by Gasteiger charge is 2.06. The Labute approximate surface area is 92.8 Å². The van der Waals surface area contributed by atoms with Crippen molar-refractivity contribution in [2.75, 3.05) is 19.0 Å². The molecule has 84 valence electrons. The molecule has 0 aliphatic carbocycles. The number of ether oxygens (including phenoxy) is 1. The van der Waals surface area contributed by atoms with Crippen LogP contribution in [-0.4, -0.2) is 19.6 Å². The average molecular weight is 220 g/mol. The molecule has 0 unspecified atom stereocenters. The summed E-state index contributed by atoms with van der Waals surface area (Å²) in [7, 11) is 1.45. The third-order valence-corrected chi connectivity index (χ3v) is 2.01. The van der Waals surface area contributed by atoms with Crippen molar-refractivity contribution in [2.45, 2.75) is 6.92 Å². The molecule has 0 saturated carbocycles. The minimum atomic E-state index is -0.247. The zero-order valence-corrected chi connectivity index (χ0v) is 9.10. The molecule has 0 spiro atoms. The number of anilines is 1. The van der Waals surface area contributed by atoms with E-state index >= 15 is 0 Å². The molecule has 1 rings (SSSR count). The van der Waals surface area contributed by atoms with Crippen molar-refractivity contribution in [3.05, 3.63) is 34.2 Å². The molecule has 1 aromatic rings. The molecular formula is C10H12N4O2. The Morgan fingerprint density at radius 3 is 3.00 bits per heavy atom. The zero-order chi connectivity index (χ0) is 12.0. The first-order valence-corrected chi connectivity index (χ1v) is 4.62. The van der Waals surface area contributed by atoms with E-state index < -0.39 is 0 Å². The molecule has 1 amide bonds. The topological polar surface area (TPSA) is 87.1 Å². The second kappa shape index (κ2) is 5.75. The molecule has 0 atom stereocenters. The van der Waals surface area contributed by atoms with Crippen LogP contribution in [0.3, 0.4) is 0 Å². The number of azide groups is 1. The van der Waals surface area contributed by atoms with Gasteiger partial charge in [0.25, 0.3) is 0 Å². The standard InChI is InChI=1S/C10H12N4O2/c1-7-8(12-10(15)6-16-2)4-3-5-9(7)13-14-11/h3-5H,6H2,1-2H3,(H,12,15). The summed E-state index contributed by atoms with van der Waals surface area (Å²) in [5.41, 5.74) is 10.2. The average Bonchev–Trinajstić information content (AvgIpc) is 2.24. The molecule has 0 bridgehead atoms. The van der Waals surface area contributed by atoms with Gasteiger partial charge in [0.05, 0.1) is 0 Å². The molecule has 0 aliphatic rings. The van der Waals surface area contributed by atoms with Gasteiger partial charge in [-0.15, -0.1) is 0 Å². The van der Waals surface area contributed by atoms with Crippen LogP contribution in [0, 0.1) is 6.92 Å². The van der Waals surface area contributed by atoms with Gasteiger partial charge >= 0.3 is 0 Å². The highest BCUT2D eigenvalue weighted by Crippen LogP contribution is 2.25. The van der Waals surface area contributed by atoms with E-state index in [1.54, 1.807) is 25.1 Å². The third kappa shape index (κ3) is 2.98. The first-order valence-electron chi connectivity index (χ1n) is 4.62. The number of methoxy groups -OCH3 is 1. The first-order chi connectivity index (χ1) is 7.69. The smallest absolute Gasteiger partial charge is 0.250 e. The van der Waals surface area contributed by atoms with E-state index in [1.165, 1.54) is 7.11 Å². The Balaban J connectivity index is 2.92. The Hall–Kier alpha value is -2.04. The fourth-order valence-electron chi connectivity index (χ4n) is 1.23. The lowest BCUT2D eigenvalue weighted by Crippen LogP contribution is -2.17. The summed E-state index contributed by atoms with van der Waals surface area (Å²) in [6.07, 6.45) is 0. The number of benzene rings is 1. The summed E-state index contributed by atoms with van der Waals surface area (Å²) in [6.45, 7) is 1.76. The molecule has 6 nitrogen and oxygen atoms in total. The molecule has 0 heterocycles. The maximum absolute atomic E-state index is 11.3. The summed E-state index contributed by atoms with van der Waals surface area (Å²) in [5, 5.41) is 6.18. The lowest BCUT2D eigenvalue weighted by atomic mass is 10.1. The van der Waals surface area contributed by atoms with Gasteiger partial charge in [-0.2, -0.15) is 0 Å². The van der Waals surface area contributed by atoms with Crippen LogP contribution in [0.15, 0.2) is 23.3 Å². The fourth-order valence-corrected chi connectivity index (χ4v) is 1.23. The van der Waals surface area contributed by atoms with Gasteiger partial charge in [0.2, 0.25) is 5.91 Å². The predicted octanol–water partition coefficient (Wildman–Crippen LogP) is 2.52. The van der Waals surface area contributed by atoms with Crippen molar-refractivity contribution in [1.82, 2.24) is 0 Å². The summed E-state index contributed by atoms with van der Waals surface area (Å²) >= 11 is 0. The van der Waals surface area contributed by atoms with Crippen LogP contribution in [0.5, 0.6) is 0 Å². The van der Waals surface area contributed by atoms with Crippen LogP contribution in [0.2, 0.25) is 0 Å². The lowest BCUT2D eigenvalue weighted by Gasteiger charge is -2.09. The van der Waals surface area contributed by atoms with Crippen molar-refractivity contribution < 1.29 is 9.53 Å². The largest absolute Gasteiger partial charge is 0.375 e. The molecular weight excluding hydrogens is 208 g/mol. The van der Waals surface area contributed by atoms with Crippen LogP contribution in [0.1, 0.15) is 5.56 Å². The molecule has 0 saturated heterocycles. The van der Waals surface area contributed by atoms with Crippen molar-refractivity contribution in [3.8, 4) is 0 Å². The second-order valence-electron chi connectivity index (χ2n) is 3.12. The molecule has 16 heavy (non-hydrogen) atoms. The Morgan fingerprint density at radius 2 is 2.38 bits per heavy atom. The van der Waals surface area contributed by atoms with Gasteiger partial charge in [-0.25, -0.2) is 0 Å². The van der Waals surface area contributed by atoms with Gasteiger partial charge in [0, 0.05) is 23.4 Å². The highest BCUT2D eigenvalue weighted by molar-refractivity contribution is 5.93. The van der Waals surface area contributed by atoms with Crippen LogP contribution in [0.25, 0.3) is 10.4 Å². The number of nitrogens with zero attached hydrogens (tertiary/aromatic N) is 3. The van der Waals surface area contributed by atoms with Crippen LogP contribution in [0.4, 0.5) is 11.4 Å². The summed E-state index contributed by atoms with van der Waals surface area (Å²) in [4.78, 5) is 14.0. The van der Waals surface area contributed by atoms with Gasteiger partial charge in [0.15, 0.2) is 0 Å². The van der Waals surface area contributed by atoms with E-state index in [0.717, 1.165) is 5.56 Å². The molecule has 6 heteroatoms. The summed E-state index contributed by atoms with van der Waals surface area (Å²) < 4.78 is 4.70. The molecule has 0 aromatic heterocycles. The number of carbonyl (C=O) groups excluding carboxylic acids is 1. The fraction of sp³-hybridized carbons (Fsp3) is 0.300. The van der Waals surface area contributed by atoms with Gasteiger partial charge < -0.3 is 10.1 Å². The molecule has 1 N–H and O–H groups in total. The monoisotopic (exact) mass is 220 g/mol. The van der Waals surface area contributed by atoms with Gasteiger partial charge in [-0.05, 0) is 24.1 Å². The van der Waals surface area contributed by atoms with E-state index in [9.17, 15) is 4.79 Å². The quantitative estimate of drug-likeness (QED) is 0.480. The van der Waals surface area contributed by atoms with Crippen molar-refractivity contribution in [1.29, 1.82) is 0 Å². The summed E-state index contributed by atoms with van der Waals surface area (Å²) in [5.74, 6) is -0.247. The molecule has 1 aromatic carbocycles. The van der Waals surface area contributed by atoms with E-state index in [2.05, 4.69) is 15.3 Å². The third-order valence-electron chi connectivity index (χ3n) is 2.01. The predicted molar refractivity (Wildman–Crippen MR) is 60.5 cm³/mol. The minimum absolute atomic E-state index is 0.00874. The number of carbonyl (C=O) groups is 1. The SMILES string of the molecule is COCC(=O)Nc1cccc(N=[N+]=[N-])c1C. The minimum Gasteiger partial charge on any atom is -0.375 e. The van der Waals surface area contributed by atoms with Crippen molar-refractivity contribution in [2.24, 2.45) is 5.11 Å². The van der Waals surface area contributed by atoms with E-state index in [0.29, 0.717) is 11.4 Å². The Bertz CT molecular complexity index is 438. The number of nitrogens with one attached hydrogen (secondary N) is 1. The number of rotatable bonds is 4.